The number of benzene rings is 1. The first kappa shape index (κ1) is 20.3. The van der Waals surface area contributed by atoms with Crippen LogP contribution < -0.4 is 4.72 Å². The van der Waals surface area contributed by atoms with Crippen molar-refractivity contribution in [1.82, 2.24) is 9.62 Å². The van der Waals surface area contributed by atoms with E-state index in [1.54, 1.807) is 4.90 Å². The fourth-order valence-electron chi connectivity index (χ4n) is 2.30. The first-order valence-corrected chi connectivity index (χ1v) is 9.68. The van der Waals surface area contributed by atoms with Crippen molar-refractivity contribution in [2.75, 3.05) is 19.6 Å². The summed E-state index contributed by atoms with van der Waals surface area (Å²) >= 11 is 0. The van der Waals surface area contributed by atoms with Crippen molar-refractivity contribution in [2.45, 2.75) is 44.9 Å². The van der Waals surface area contributed by atoms with Gasteiger partial charge in [0.05, 0.1) is 4.90 Å². The highest BCUT2D eigenvalue weighted by Gasteiger charge is 2.16. The van der Waals surface area contributed by atoms with E-state index in [4.69, 9.17) is 0 Å². The van der Waals surface area contributed by atoms with Gasteiger partial charge in [-0.3, -0.25) is 9.59 Å². The van der Waals surface area contributed by atoms with Crippen molar-refractivity contribution in [1.29, 1.82) is 0 Å². The van der Waals surface area contributed by atoms with Crippen molar-refractivity contribution in [2.24, 2.45) is 0 Å². The van der Waals surface area contributed by atoms with E-state index in [9.17, 15) is 18.0 Å². The second kappa shape index (κ2) is 9.54. The Morgan fingerprint density at radius 3 is 2.04 bits per heavy atom. The highest BCUT2D eigenvalue weighted by atomic mass is 32.2. The number of amides is 1. The number of sulfonamides is 1. The van der Waals surface area contributed by atoms with E-state index in [0.717, 1.165) is 12.8 Å². The van der Waals surface area contributed by atoms with Gasteiger partial charge in [-0.25, -0.2) is 13.1 Å². The molecule has 0 aromatic heterocycles. The van der Waals surface area contributed by atoms with E-state index in [-0.39, 0.29) is 29.6 Å². The fraction of sp³-hybridized carbons (Fsp3) is 0.529. The monoisotopic (exact) mass is 354 g/mol. The average Bonchev–Trinajstić information content (AvgIpc) is 2.54. The zero-order valence-corrected chi connectivity index (χ0v) is 15.4. The van der Waals surface area contributed by atoms with Crippen molar-refractivity contribution >= 4 is 21.7 Å². The van der Waals surface area contributed by atoms with Gasteiger partial charge in [-0.1, -0.05) is 26.0 Å². The van der Waals surface area contributed by atoms with Crippen LogP contribution in [-0.4, -0.2) is 44.6 Å². The van der Waals surface area contributed by atoms with Crippen molar-refractivity contribution < 1.29 is 18.0 Å². The molecule has 0 aliphatic heterocycles. The van der Waals surface area contributed by atoms with Crippen LogP contribution in [0.1, 0.15) is 50.4 Å². The van der Waals surface area contributed by atoms with Gasteiger partial charge in [0.1, 0.15) is 0 Å². The zero-order chi connectivity index (χ0) is 18.2. The molecule has 0 saturated heterocycles. The topological polar surface area (TPSA) is 83.6 Å². The van der Waals surface area contributed by atoms with Crippen LogP contribution in [0.15, 0.2) is 29.2 Å². The molecule has 0 radical (unpaired) electrons. The van der Waals surface area contributed by atoms with Gasteiger partial charge in [-0.05, 0) is 31.9 Å². The maximum absolute atomic E-state index is 12.2. The molecule has 7 heteroatoms. The van der Waals surface area contributed by atoms with Crippen LogP contribution >= 0.6 is 0 Å². The fourth-order valence-corrected chi connectivity index (χ4v) is 3.34. The summed E-state index contributed by atoms with van der Waals surface area (Å²) in [5, 5.41) is 0. The van der Waals surface area contributed by atoms with E-state index in [0.29, 0.717) is 18.7 Å². The van der Waals surface area contributed by atoms with Gasteiger partial charge in [0.15, 0.2) is 5.78 Å². The Bertz CT molecular complexity index is 648. The predicted octanol–water partition coefficient (Wildman–Crippen LogP) is 2.21. The Hall–Kier alpha value is -1.73. The summed E-state index contributed by atoms with van der Waals surface area (Å²) in [6.45, 7) is 6.86. The molecule has 6 nitrogen and oxygen atoms in total. The molecule has 134 valence electrons. The van der Waals surface area contributed by atoms with E-state index in [1.165, 1.54) is 31.2 Å². The van der Waals surface area contributed by atoms with Crippen molar-refractivity contribution in [3.8, 4) is 0 Å². The van der Waals surface area contributed by atoms with Crippen LogP contribution in [-0.2, 0) is 14.8 Å². The summed E-state index contributed by atoms with van der Waals surface area (Å²) < 4.78 is 26.8. The van der Waals surface area contributed by atoms with Gasteiger partial charge >= 0.3 is 0 Å². The summed E-state index contributed by atoms with van der Waals surface area (Å²) in [4.78, 5) is 25.2. The maximum atomic E-state index is 12.2. The van der Waals surface area contributed by atoms with Crippen LogP contribution in [0.2, 0.25) is 0 Å². The molecule has 24 heavy (non-hydrogen) atoms. The van der Waals surface area contributed by atoms with Gasteiger partial charge in [0, 0.05) is 31.6 Å². The van der Waals surface area contributed by atoms with E-state index >= 15 is 0 Å². The molecule has 0 aliphatic rings. The lowest BCUT2D eigenvalue weighted by Gasteiger charge is -2.21. The minimum absolute atomic E-state index is 0.0478. The molecular formula is C17H26N2O4S. The Labute approximate surface area is 144 Å². The molecule has 1 rings (SSSR count). The minimum Gasteiger partial charge on any atom is -0.343 e. The average molecular weight is 354 g/mol. The molecule has 1 N–H and O–H groups in total. The molecule has 1 amide bonds. The molecule has 0 fully saturated rings. The van der Waals surface area contributed by atoms with Crippen LogP contribution in [0.3, 0.4) is 0 Å². The first-order valence-electron chi connectivity index (χ1n) is 8.20. The number of nitrogens with zero attached hydrogens (tertiary/aromatic N) is 1. The molecule has 0 heterocycles. The number of rotatable bonds is 10. The number of carbonyl (C=O) groups excluding carboxylic acids is 2. The Morgan fingerprint density at radius 2 is 1.58 bits per heavy atom. The summed E-state index contributed by atoms with van der Waals surface area (Å²) in [5.74, 6) is -0.169. The predicted molar refractivity (Wildman–Crippen MR) is 93.4 cm³/mol. The summed E-state index contributed by atoms with van der Waals surface area (Å²) in [5.41, 5.74) is 0.457. The number of hydrogen-bond donors (Lipinski definition) is 1. The normalized spacial score (nSPS) is 11.3. The van der Waals surface area contributed by atoms with Crippen LogP contribution in [0, 0.1) is 0 Å². The molecule has 0 aliphatic carbocycles. The number of Topliss-reactive ketones (excluding diaryl/α,β-unsaturated/α-hetero) is 1. The van der Waals surface area contributed by atoms with Gasteiger partial charge in [-0.2, -0.15) is 0 Å². The van der Waals surface area contributed by atoms with Gasteiger partial charge in [0.25, 0.3) is 0 Å². The quantitative estimate of drug-likeness (QED) is 0.653. The first-order chi connectivity index (χ1) is 11.3. The van der Waals surface area contributed by atoms with E-state index < -0.39 is 10.0 Å². The summed E-state index contributed by atoms with van der Waals surface area (Å²) in [6.07, 6.45) is 1.88. The van der Waals surface area contributed by atoms with Crippen LogP contribution in [0.5, 0.6) is 0 Å². The molecule has 0 unspecified atom stereocenters. The van der Waals surface area contributed by atoms with Crippen LogP contribution in [0.25, 0.3) is 0 Å². The Kier molecular flexibility index (Phi) is 8.07. The Balaban J connectivity index is 2.61. The second-order valence-corrected chi connectivity index (χ2v) is 7.38. The molecule has 1 aromatic carbocycles. The highest BCUT2D eigenvalue weighted by Crippen LogP contribution is 2.11. The van der Waals surface area contributed by atoms with Gasteiger partial charge in [0.2, 0.25) is 15.9 Å². The highest BCUT2D eigenvalue weighted by molar-refractivity contribution is 7.89. The zero-order valence-electron chi connectivity index (χ0n) is 14.5. The minimum atomic E-state index is -3.68. The smallest absolute Gasteiger partial charge is 0.240 e. The lowest BCUT2D eigenvalue weighted by atomic mass is 10.2. The molecule has 0 saturated carbocycles. The molecule has 0 spiro atoms. The van der Waals surface area contributed by atoms with Gasteiger partial charge < -0.3 is 4.90 Å². The van der Waals surface area contributed by atoms with E-state index in [2.05, 4.69) is 4.72 Å². The van der Waals surface area contributed by atoms with Crippen molar-refractivity contribution in [3.63, 3.8) is 0 Å². The molecule has 0 bridgehead atoms. The van der Waals surface area contributed by atoms with Crippen molar-refractivity contribution in [3.05, 3.63) is 29.8 Å². The van der Waals surface area contributed by atoms with Crippen LogP contribution in [0.4, 0.5) is 0 Å². The largest absolute Gasteiger partial charge is 0.343 e. The van der Waals surface area contributed by atoms with Gasteiger partial charge in [-0.15, -0.1) is 0 Å². The summed E-state index contributed by atoms with van der Waals surface area (Å²) in [7, 11) is -3.68. The SMILES string of the molecule is CCCN(CCC)C(=O)CCNS(=O)(=O)c1ccc(C(C)=O)cc1. The number of carbonyl (C=O) groups is 2. The molecular weight excluding hydrogens is 328 g/mol. The number of hydrogen-bond acceptors (Lipinski definition) is 4. The lowest BCUT2D eigenvalue weighted by molar-refractivity contribution is -0.131. The third-order valence-electron chi connectivity index (χ3n) is 3.54. The third kappa shape index (κ3) is 6.05. The number of nitrogens with one attached hydrogen (secondary N) is 1. The Morgan fingerprint density at radius 1 is 1.04 bits per heavy atom. The second-order valence-electron chi connectivity index (χ2n) is 5.61. The number of ketones is 1. The maximum Gasteiger partial charge on any atom is 0.240 e. The third-order valence-corrected chi connectivity index (χ3v) is 5.02. The lowest BCUT2D eigenvalue weighted by Crippen LogP contribution is -2.35. The molecule has 1 aromatic rings. The standard InChI is InChI=1S/C17H26N2O4S/c1-4-12-19(13-5-2)17(21)10-11-18-24(22,23)16-8-6-15(7-9-16)14(3)20/h6-9,18H,4-5,10-13H2,1-3H3. The van der Waals surface area contributed by atoms with E-state index in [1.807, 2.05) is 13.8 Å². The summed E-state index contributed by atoms with van der Waals surface area (Å²) in [6, 6.07) is 5.74. The molecule has 0 atom stereocenters.